The molecule has 1 saturated carbocycles. The fourth-order valence-electron chi connectivity index (χ4n) is 3.19. The van der Waals surface area contributed by atoms with Gasteiger partial charge in [-0.1, -0.05) is 12.1 Å². The molecule has 0 atom stereocenters. The number of amides is 1. The number of halogens is 1. The first kappa shape index (κ1) is 16.3. The molecule has 6 heteroatoms. The van der Waals surface area contributed by atoms with Crippen LogP contribution in [-0.4, -0.2) is 33.5 Å². The van der Waals surface area contributed by atoms with Crippen molar-refractivity contribution in [1.82, 2.24) is 14.5 Å². The molecule has 0 N–H and O–H groups in total. The zero-order chi connectivity index (χ0) is 17.2. The molecule has 0 unspecified atom stereocenters. The molecule has 5 nitrogen and oxygen atoms in total. The second kappa shape index (κ2) is 6.96. The van der Waals surface area contributed by atoms with Gasteiger partial charge < -0.3 is 14.2 Å². The smallest absolute Gasteiger partial charge is 0.227 e. The Morgan fingerprint density at radius 2 is 2.20 bits per heavy atom. The standard InChI is InChI=1S/C19H22FN3O2/c20-16-3-1-2-15(8-16)9-19(24)22-6-7-23-13-21-17(18(23)10-22)12-25-11-14-4-5-14/h1-3,8,13-14H,4-7,9-12H2. The van der Waals surface area contributed by atoms with Crippen molar-refractivity contribution < 1.29 is 13.9 Å². The first-order valence-corrected chi connectivity index (χ1v) is 8.82. The summed E-state index contributed by atoms with van der Waals surface area (Å²) >= 11 is 0. The number of imidazole rings is 1. The highest BCUT2D eigenvalue weighted by molar-refractivity contribution is 5.78. The third-order valence-electron chi connectivity index (χ3n) is 4.87. The Bertz CT molecular complexity index is 770. The number of hydrogen-bond acceptors (Lipinski definition) is 3. The summed E-state index contributed by atoms with van der Waals surface area (Å²) in [4.78, 5) is 18.9. The molecule has 25 heavy (non-hydrogen) atoms. The van der Waals surface area contributed by atoms with Crippen LogP contribution in [0.5, 0.6) is 0 Å². The van der Waals surface area contributed by atoms with E-state index in [1.807, 2.05) is 11.2 Å². The van der Waals surface area contributed by atoms with E-state index in [4.69, 9.17) is 4.74 Å². The molecule has 1 aromatic carbocycles. The van der Waals surface area contributed by atoms with Crippen LogP contribution >= 0.6 is 0 Å². The summed E-state index contributed by atoms with van der Waals surface area (Å²) in [5, 5.41) is 0. The number of ether oxygens (including phenoxy) is 1. The van der Waals surface area contributed by atoms with E-state index < -0.39 is 0 Å². The van der Waals surface area contributed by atoms with E-state index in [-0.39, 0.29) is 18.1 Å². The van der Waals surface area contributed by atoms with Gasteiger partial charge >= 0.3 is 0 Å². The maximum Gasteiger partial charge on any atom is 0.227 e. The molecule has 1 aromatic heterocycles. The van der Waals surface area contributed by atoms with E-state index in [0.29, 0.717) is 25.3 Å². The average Bonchev–Trinajstić information content (AvgIpc) is 3.34. The molecule has 2 aromatic rings. The minimum atomic E-state index is -0.308. The van der Waals surface area contributed by atoms with Crippen LogP contribution in [0.4, 0.5) is 4.39 Å². The molecule has 1 amide bonds. The van der Waals surface area contributed by atoms with Gasteiger partial charge in [0, 0.05) is 19.7 Å². The van der Waals surface area contributed by atoms with Crippen LogP contribution in [0, 0.1) is 11.7 Å². The molecule has 2 heterocycles. The molecule has 132 valence electrons. The highest BCUT2D eigenvalue weighted by Gasteiger charge is 2.25. The molecule has 0 spiro atoms. The van der Waals surface area contributed by atoms with Crippen molar-refractivity contribution in [3.63, 3.8) is 0 Å². The predicted molar refractivity (Wildman–Crippen MR) is 90.1 cm³/mol. The van der Waals surface area contributed by atoms with Gasteiger partial charge in [0.25, 0.3) is 0 Å². The molecular formula is C19H22FN3O2. The van der Waals surface area contributed by atoms with Gasteiger partial charge in [0.1, 0.15) is 5.82 Å². The third kappa shape index (κ3) is 3.90. The Hall–Kier alpha value is -2.21. The molecule has 1 aliphatic carbocycles. The number of carbonyl (C=O) groups is 1. The van der Waals surface area contributed by atoms with Crippen LogP contribution < -0.4 is 0 Å². The summed E-state index contributed by atoms with van der Waals surface area (Å²) in [6, 6.07) is 6.23. The number of carbonyl (C=O) groups excluding carboxylic acids is 1. The van der Waals surface area contributed by atoms with E-state index in [0.717, 1.165) is 30.5 Å². The molecule has 0 bridgehead atoms. The molecular weight excluding hydrogens is 321 g/mol. The Morgan fingerprint density at radius 3 is 3.00 bits per heavy atom. The number of aromatic nitrogens is 2. The minimum Gasteiger partial charge on any atom is -0.375 e. The van der Waals surface area contributed by atoms with Gasteiger partial charge in [0.15, 0.2) is 0 Å². The van der Waals surface area contributed by atoms with Crippen molar-refractivity contribution >= 4 is 5.91 Å². The summed E-state index contributed by atoms with van der Waals surface area (Å²) in [6.07, 6.45) is 4.59. The fraction of sp³-hybridized carbons (Fsp3) is 0.474. The SMILES string of the molecule is O=C(Cc1cccc(F)c1)N1CCn2cnc(COCC3CC3)c2C1. The Morgan fingerprint density at radius 1 is 1.32 bits per heavy atom. The van der Waals surface area contributed by atoms with Crippen LogP contribution in [0.15, 0.2) is 30.6 Å². The first-order valence-electron chi connectivity index (χ1n) is 8.82. The first-order chi connectivity index (χ1) is 12.2. The van der Waals surface area contributed by atoms with Crippen molar-refractivity contribution in [3.8, 4) is 0 Å². The molecule has 0 radical (unpaired) electrons. The van der Waals surface area contributed by atoms with Crippen LogP contribution in [0.2, 0.25) is 0 Å². The predicted octanol–water partition coefficient (Wildman–Crippen LogP) is 2.53. The monoisotopic (exact) mass is 343 g/mol. The number of benzene rings is 1. The van der Waals surface area contributed by atoms with E-state index in [2.05, 4.69) is 9.55 Å². The Balaban J connectivity index is 1.39. The average molecular weight is 343 g/mol. The van der Waals surface area contributed by atoms with Crippen molar-refractivity contribution in [2.45, 2.75) is 39.0 Å². The van der Waals surface area contributed by atoms with Gasteiger partial charge in [-0.15, -0.1) is 0 Å². The number of rotatable bonds is 6. The van der Waals surface area contributed by atoms with Gasteiger partial charge in [0.05, 0.1) is 37.3 Å². The van der Waals surface area contributed by atoms with Crippen molar-refractivity contribution in [1.29, 1.82) is 0 Å². The fourth-order valence-corrected chi connectivity index (χ4v) is 3.19. The lowest BCUT2D eigenvalue weighted by Gasteiger charge is -2.29. The Labute approximate surface area is 146 Å². The van der Waals surface area contributed by atoms with Crippen molar-refractivity contribution in [2.24, 2.45) is 5.92 Å². The largest absolute Gasteiger partial charge is 0.375 e. The maximum atomic E-state index is 13.3. The molecule has 4 rings (SSSR count). The van der Waals surface area contributed by atoms with Gasteiger partial charge in [-0.2, -0.15) is 0 Å². The normalized spacial score (nSPS) is 16.8. The van der Waals surface area contributed by atoms with Gasteiger partial charge in [-0.25, -0.2) is 9.37 Å². The summed E-state index contributed by atoms with van der Waals surface area (Å²) in [6.45, 7) is 3.23. The molecule has 1 aliphatic heterocycles. The maximum absolute atomic E-state index is 13.3. The zero-order valence-corrected chi connectivity index (χ0v) is 14.2. The molecule has 0 saturated heterocycles. The lowest BCUT2D eigenvalue weighted by atomic mass is 10.1. The second-order valence-electron chi connectivity index (χ2n) is 6.91. The second-order valence-corrected chi connectivity index (χ2v) is 6.91. The topological polar surface area (TPSA) is 47.4 Å². The third-order valence-corrected chi connectivity index (χ3v) is 4.87. The van der Waals surface area contributed by atoms with E-state index in [9.17, 15) is 9.18 Å². The van der Waals surface area contributed by atoms with E-state index in [1.165, 1.54) is 25.0 Å². The van der Waals surface area contributed by atoms with Crippen LogP contribution in [-0.2, 0) is 35.6 Å². The number of nitrogens with zero attached hydrogens (tertiary/aromatic N) is 3. The minimum absolute atomic E-state index is 0.0166. The van der Waals surface area contributed by atoms with Crippen LogP contribution in [0.25, 0.3) is 0 Å². The highest BCUT2D eigenvalue weighted by Crippen LogP contribution is 2.29. The lowest BCUT2D eigenvalue weighted by molar-refractivity contribution is -0.131. The summed E-state index contributed by atoms with van der Waals surface area (Å²) in [7, 11) is 0. The molecule has 2 aliphatic rings. The quantitative estimate of drug-likeness (QED) is 0.810. The number of hydrogen-bond donors (Lipinski definition) is 0. The van der Waals surface area contributed by atoms with Gasteiger partial charge in [-0.05, 0) is 36.5 Å². The summed E-state index contributed by atoms with van der Waals surface area (Å²) < 4.78 is 21.1. The van der Waals surface area contributed by atoms with Gasteiger partial charge in [-0.3, -0.25) is 4.79 Å². The lowest BCUT2D eigenvalue weighted by Crippen LogP contribution is -2.39. The Kier molecular flexibility index (Phi) is 4.53. The van der Waals surface area contributed by atoms with Crippen LogP contribution in [0.3, 0.4) is 0 Å². The molecule has 1 fully saturated rings. The van der Waals surface area contributed by atoms with E-state index in [1.54, 1.807) is 12.1 Å². The van der Waals surface area contributed by atoms with Gasteiger partial charge in [0.2, 0.25) is 5.91 Å². The zero-order valence-electron chi connectivity index (χ0n) is 14.2. The van der Waals surface area contributed by atoms with E-state index >= 15 is 0 Å². The summed E-state index contributed by atoms with van der Waals surface area (Å²) in [5.41, 5.74) is 2.68. The number of fused-ring (bicyclic) bond motifs is 1. The summed E-state index contributed by atoms with van der Waals surface area (Å²) in [5.74, 6) is 0.433. The van der Waals surface area contributed by atoms with Crippen molar-refractivity contribution in [3.05, 3.63) is 53.4 Å². The van der Waals surface area contributed by atoms with Crippen molar-refractivity contribution in [2.75, 3.05) is 13.2 Å². The highest BCUT2D eigenvalue weighted by atomic mass is 19.1. The van der Waals surface area contributed by atoms with Crippen LogP contribution in [0.1, 0.15) is 29.8 Å².